The van der Waals surface area contributed by atoms with Gasteiger partial charge in [0, 0.05) is 5.56 Å². The van der Waals surface area contributed by atoms with Crippen LogP contribution in [0.1, 0.15) is 17.0 Å². The molecule has 1 heterocycles. The number of benzene rings is 1. The molecule has 0 aliphatic carbocycles. The van der Waals surface area contributed by atoms with Gasteiger partial charge in [0.05, 0.1) is 28.1 Å². The first-order valence-corrected chi connectivity index (χ1v) is 5.03. The van der Waals surface area contributed by atoms with Crippen LogP contribution in [0.2, 0.25) is 0 Å². The first-order chi connectivity index (χ1) is 7.63. The highest BCUT2D eigenvalue weighted by atomic mass is 14.8. The average molecular weight is 211 g/mol. The van der Waals surface area contributed by atoms with Crippen molar-refractivity contribution < 1.29 is 0 Å². The maximum Gasteiger partial charge on any atom is 0.0989 e. The summed E-state index contributed by atoms with van der Waals surface area (Å²) < 4.78 is 0. The molecule has 0 amide bonds. The molecule has 0 atom stereocenters. The molecule has 1 aromatic carbocycles. The third kappa shape index (κ3) is 1.58. The van der Waals surface area contributed by atoms with Gasteiger partial charge in [0.2, 0.25) is 0 Å². The summed E-state index contributed by atoms with van der Waals surface area (Å²) in [7, 11) is 0. The minimum absolute atomic E-state index is 0.503. The largest absolute Gasteiger partial charge is 0.392 e. The summed E-state index contributed by atoms with van der Waals surface area (Å²) in [5.74, 6) is 0. The minimum Gasteiger partial charge on any atom is -0.392 e. The molecule has 0 spiro atoms. The quantitative estimate of drug-likeness (QED) is 0.736. The second-order valence-electron chi connectivity index (χ2n) is 3.66. The van der Waals surface area contributed by atoms with Crippen molar-refractivity contribution in [3.63, 3.8) is 0 Å². The molecule has 1 aromatic heterocycles. The lowest BCUT2D eigenvalue weighted by Crippen LogP contribution is -2.00. The number of rotatable bonds is 1. The highest BCUT2D eigenvalue weighted by molar-refractivity contribution is 5.87. The number of nitrogens with two attached hydrogens (primary N) is 1. The van der Waals surface area contributed by atoms with Crippen LogP contribution in [0.4, 0.5) is 0 Å². The van der Waals surface area contributed by atoms with E-state index >= 15 is 0 Å². The SMILES string of the molecule is C=C=C(N)c1cccc2nc(C)c(C)nc12. The molecular weight excluding hydrogens is 198 g/mol. The lowest BCUT2D eigenvalue weighted by atomic mass is 10.1. The Morgan fingerprint density at radius 3 is 2.62 bits per heavy atom. The van der Waals surface area contributed by atoms with E-state index in [0.29, 0.717) is 5.70 Å². The van der Waals surface area contributed by atoms with Crippen molar-refractivity contribution in [3.05, 3.63) is 47.5 Å². The van der Waals surface area contributed by atoms with Gasteiger partial charge in [0.25, 0.3) is 0 Å². The van der Waals surface area contributed by atoms with Crippen molar-refractivity contribution in [1.82, 2.24) is 9.97 Å². The Morgan fingerprint density at radius 1 is 1.25 bits per heavy atom. The molecule has 0 saturated carbocycles. The van der Waals surface area contributed by atoms with E-state index in [2.05, 4.69) is 22.3 Å². The van der Waals surface area contributed by atoms with Crippen molar-refractivity contribution >= 4 is 16.7 Å². The van der Waals surface area contributed by atoms with E-state index in [1.165, 1.54) is 0 Å². The van der Waals surface area contributed by atoms with E-state index in [0.717, 1.165) is 28.0 Å². The normalized spacial score (nSPS) is 10.1. The molecule has 0 aliphatic heterocycles. The van der Waals surface area contributed by atoms with Crippen LogP contribution in [0.15, 0.2) is 30.5 Å². The number of aromatic nitrogens is 2. The van der Waals surface area contributed by atoms with Crippen LogP contribution in [-0.4, -0.2) is 9.97 Å². The fraction of sp³-hybridized carbons (Fsp3) is 0.154. The molecule has 2 rings (SSSR count). The topological polar surface area (TPSA) is 51.8 Å². The van der Waals surface area contributed by atoms with Crippen molar-refractivity contribution in [3.8, 4) is 0 Å². The molecule has 16 heavy (non-hydrogen) atoms. The van der Waals surface area contributed by atoms with Gasteiger partial charge in [-0.15, -0.1) is 5.73 Å². The summed E-state index contributed by atoms with van der Waals surface area (Å²) in [6, 6.07) is 5.74. The van der Waals surface area contributed by atoms with Crippen LogP contribution in [-0.2, 0) is 0 Å². The van der Waals surface area contributed by atoms with Crippen molar-refractivity contribution in [2.45, 2.75) is 13.8 Å². The zero-order chi connectivity index (χ0) is 11.7. The van der Waals surface area contributed by atoms with E-state index in [4.69, 9.17) is 5.73 Å². The lowest BCUT2D eigenvalue weighted by Gasteiger charge is -2.06. The van der Waals surface area contributed by atoms with Gasteiger partial charge in [0.1, 0.15) is 0 Å². The van der Waals surface area contributed by atoms with E-state index in [1.54, 1.807) is 0 Å². The maximum absolute atomic E-state index is 5.82. The Balaban J connectivity index is 2.87. The third-order valence-corrected chi connectivity index (χ3v) is 2.59. The lowest BCUT2D eigenvalue weighted by molar-refractivity contribution is 1.10. The Bertz CT molecular complexity index is 608. The van der Waals surface area contributed by atoms with E-state index in [-0.39, 0.29) is 0 Å². The molecular formula is C13H13N3. The van der Waals surface area contributed by atoms with Gasteiger partial charge in [-0.25, -0.2) is 9.97 Å². The Kier molecular flexibility index (Phi) is 2.47. The second-order valence-corrected chi connectivity index (χ2v) is 3.66. The number of hydrogen-bond donors (Lipinski definition) is 1. The first kappa shape index (κ1) is 10.4. The van der Waals surface area contributed by atoms with Crippen molar-refractivity contribution in [2.75, 3.05) is 0 Å². The smallest absolute Gasteiger partial charge is 0.0989 e. The molecule has 2 N–H and O–H groups in total. The molecule has 3 nitrogen and oxygen atoms in total. The average Bonchev–Trinajstić information content (AvgIpc) is 2.29. The number of fused-ring (bicyclic) bond motifs is 1. The molecule has 0 saturated heterocycles. The fourth-order valence-corrected chi connectivity index (χ4v) is 1.56. The van der Waals surface area contributed by atoms with Gasteiger partial charge < -0.3 is 5.73 Å². The Morgan fingerprint density at radius 2 is 1.94 bits per heavy atom. The molecule has 2 aromatic rings. The zero-order valence-electron chi connectivity index (χ0n) is 9.41. The van der Waals surface area contributed by atoms with E-state index < -0.39 is 0 Å². The minimum atomic E-state index is 0.503. The van der Waals surface area contributed by atoms with Gasteiger partial charge in [-0.1, -0.05) is 12.6 Å². The highest BCUT2D eigenvalue weighted by Crippen LogP contribution is 2.20. The molecule has 3 heteroatoms. The van der Waals surface area contributed by atoms with Crippen molar-refractivity contribution in [2.24, 2.45) is 5.73 Å². The van der Waals surface area contributed by atoms with Crippen LogP contribution in [0.25, 0.3) is 16.7 Å². The van der Waals surface area contributed by atoms with Gasteiger partial charge >= 0.3 is 0 Å². The van der Waals surface area contributed by atoms with Crippen LogP contribution in [0, 0.1) is 13.8 Å². The predicted octanol–water partition coefficient (Wildman–Crippen LogP) is 2.33. The van der Waals surface area contributed by atoms with Gasteiger partial charge in [-0.3, -0.25) is 0 Å². The summed E-state index contributed by atoms with van der Waals surface area (Å²) in [5.41, 5.74) is 13.3. The molecule has 0 unspecified atom stereocenters. The number of nitrogens with zero attached hydrogens (tertiary/aromatic N) is 2. The summed E-state index contributed by atoms with van der Waals surface area (Å²) in [5, 5.41) is 0. The molecule has 80 valence electrons. The Labute approximate surface area is 94.3 Å². The molecule has 0 radical (unpaired) electrons. The first-order valence-electron chi connectivity index (χ1n) is 5.03. The maximum atomic E-state index is 5.82. The van der Waals surface area contributed by atoms with Gasteiger partial charge in [-0.05, 0) is 26.0 Å². The molecule has 0 bridgehead atoms. The fourth-order valence-electron chi connectivity index (χ4n) is 1.56. The molecule has 0 fully saturated rings. The number of aryl methyl sites for hydroxylation is 2. The van der Waals surface area contributed by atoms with Crippen LogP contribution in [0.3, 0.4) is 0 Å². The number of para-hydroxylation sites is 1. The van der Waals surface area contributed by atoms with Gasteiger partial charge in [0.15, 0.2) is 0 Å². The second kappa shape index (κ2) is 3.80. The predicted molar refractivity (Wildman–Crippen MR) is 65.7 cm³/mol. The van der Waals surface area contributed by atoms with Crippen LogP contribution >= 0.6 is 0 Å². The van der Waals surface area contributed by atoms with Gasteiger partial charge in [-0.2, -0.15) is 0 Å². The monoisotopic (exact) mass is 211 g/mol. The molecule has 0 aliphatic rings. The van der Waals surface area contributed by atoms with E-state index in [1.807, 2.05) is 32.0 Å². The van der Waals surface area contributed by atoms with Crippen LogP contribution in [0.5, 0.6) is 0 Å². The summed E-state index contributed by atoms with van der Waals surface area (Å²) in [4.78, 5) is 8.99. The van der Waals surface area contributed by atoms with E-state index in [9.17, 15) is 0 Å². The summed E-state index contributed by atoms with van der Waals surface area (Å²) in [6.45, 7) is 7.43. The van der Waals surface area contributed by atoms with Crippen molar-refractivity contribution in [1.29, 1.82) is 0 Å². The standard InChI is InChI=1S/C13H13N3/c1-4-11(14)10-6-5-7-12-13(10)16-9(3)8(2)15-12/h5-7H,1,14H2,2-3H3. The highest BCUT2D eigenvalue weighted by Gasteiger charge is 2.07. The van der Waals surface area contributed by atoms with Crippen LogP contribution < -0.4 is 5.73 Å². The summed E-state index contributed by atoms with van der Waals surface area (Å²) in [6.07, 6.45) is 0. The Hall–Kier alpha value is -2.12. The third-order valence-electron chi connectivity index (χ3n) is 2.59. The number of hydrogen-bond acceptors (Lipinski definition) is 3. The summed E-state index contributed by atoms with van der Waals surface area (Å²) >= 11 is 0. The zero-order valence-corrected chi connectivity index (χ0v) is 9.41.